The van der Waals surface area contributed by atoms with Gasteiger partial charge in [0.05, 0.1) is 0 Å². The Kier molecular flexibility index (Phi) is 5.49. The smallest absolute Gasteiger partial charge is 0.0451 e. The van der Waals surface area contributed by atoms with Gasteiger partial charge in [0, 0.05) is 24.2 Å². The van der Waals surface area contributed by atoms with E-state index in [0.29, 0.717) is 6.04 Å². The van der Waals surface area contributed by atoms with E-state index in [1.807, 2.05) is 18.2 Å². The van der Waals surface area contributed by atoms with E-state index in [1.165, 1.54) is 37.1 Å². The Labute approximate surface area is 138 Å². The minimum atomic E-state index is 0.360. The molecule has 3 rings (SSSR count). The zero-order valence-electron chi connectivity index (χ0n) is 12.8. The number of hydrogen-bond acceptors (Lipinski definition) is 2. The summed E-state index contributed by atoms with van der Waals surface area (Å²) in [7, 11) is 0. The van der Waals surface area contributed by atoms with Crippen LogP contribution in [0.1, 0.15) is 30.0 Å². The van der Waals surface area contributed by atoms with Crippen LogP contribution in [-0.4, -0.2) is 24.5 Å². The fraction of sp³-hybridized carbons (Fsp3) is 0.368. The second-order valence-electron chi connectivity index (χ2n) is 5.98. The first-order chi connectivity index (χ1) is 10.8. The Morgan fingerprint density at radius 1 is 1.00 bits per heavy atom. The summed E-state index contributed by atoms with van der Waals surface area (Å²) in [6, 6.07) is 19.2. The molecular formula is C19H23ClN2. The van der Waals surface area contributed by atoms with Crippen molar-refractivity contribution in [3.8, 4) is 0 Å². The third kappa shape index (κ3) is 4.33. The maximum atomic E-state index is 6.08. The van der Waals surface area contributed by atoms with E-state index in [1.54, 1.807) is 0 Å². The summed E-state index contributed by atoms with van der Waals surface area (Å²) in [6.45, 7) is 4.36. The molecule has 1 N–H and O–H groups in total. The van der Waals surface area contributed by atoms with Gasteiger partial charge >= 0.3 is 0 Å². The second kappa shape index (κ2) is 7.77. The Bertz CT molecular complexity index is 579. The van der Waals surface area contributed by atoms with Crippen LogP contribution in [0.15, 0.2) is 54.6 Å². The van der Waals surface area contributed by atoms with Gasteiger partial charge < -0.3 is 10.2 Å². The third-order valence-corrected chi connectivity index (χ3v) is 4.52. The number of nitrogens with zero attached hydrogens (tertiary/aromatic N) is 1. The van der Waals surface area contributed by atoms with Crippen molar-refractivity contribution in [1.29, 1.82) is 0 Å². The van der Waals surface area contributed by atoms with E-state index in [2.05, 4.69) is 46.6 Å². The molecular weight excluding hydrogens is 292 g/mol. The largest absolute Gasteiger partial charge is 0.305 e. The van der Waals surface area contributed by atoms with Crippen molar-refractivity contribution in [3.05, 3.63) is 70.7 Å². The molecule has 0 aromatic heterocycles. The van der Waals surface area contributed by atoms with E-state index in [-0.39, 0.29) is 0 Å². The van der Waals surface area contributed by atoms with Crippen molar-refractivity contribution in [2.45, 2.75) is 25.4 Å². The molecule has 2 aromatic carbocycles. The van der Waals surface area contributed by atoms with Crippen molar-refractivity contribution in [2.24, 2.45) is 0 Å². The van der Waals surface area contributed by atoms with E-state index >= 15 is 0 Å². The molecule has 1 heterocycles. The second-order valence-corrected chi connectivity index (χ2v) is 6.42. The molecule has 0 saturated carbocycles. The lowest BCUT2D eigenvalue weighted by atomic mass is 10.1. The monoisotopic (exact) mass is 314 g/mol. The first-order valence-electron chi connectivity index (χ1n) is 8.06. The highest BCUT2D eigenvalue weighted by molar-refractivity contribution is 6.30. The number of hydrogen-bond donors (Lipinski definition) is 1. The molecule has 1 atom stereocenters. The number of likely N-dealkylation sites (tertiary alicyclic amines) is 1. The lowest BCUT2D eigenvalue weighted by molar-refractivity contribution is 0.291. The SMILES string of the molecule is Clc1cccc(CNC(CN2CCCC2)c2ccccc2)c1. The highest BCUT2D eigenvalue weighted by Crippen LogP contribution is 2.19. The van der Waals surface area contributed by atoms with Crippen LogP contribution in [0.4, 0.5) is 0 Å². The molecule has 22 heavy (non-hydrogen) atoms. The van der Waals surface area contributed by atoms with Gasteiger partial charge in [0.2, 0.25) is 0 Å². The summed E-state index contributed by atoms with van der Waals surface area (Å²) in [4.78, 5) is 2.56. The molecule has 1 aliphatic heterocycles. The van der Waals surface area contributed by atoms with Crippen LogP contribution in [0.2, 0.25) is 5.02 Å². The van der Waals surface area contributed by atoms with Crippen molar-refractivity contribution >= 4 is 11.6 Å². The van der Waals surface area contributed by atoms with Gasteiger partial charge in [-0.15, -0.1) is 0 Å². The summed E-state index contributed by atoms with van der Waals surface area (Å²) in [6.07, 6.45) is 2.66. The van der Waals surface area contributed by atoms with Gasteiger partial charge in [0.1, 0.15) is 0 Å². The van der Waals surface area contributed by atoms with Crippen LogP contribution in [0, 0.1) is 0 Å². The Balaban J connectivity index is 1.67. The summed E-state index contributed by atoms with van der Waals surface area (Å²) in [5, 5.41) is 4.51. The molecule has 0 bridgehead atoms. The molecule has 2 nitrogen and oxygen atoms in total. The summed E-state index contributed by atoms with van der Waals surface area (Å²) in [5.74, 6) is 0. The maximum Gasteiger partial charge on any atom is 0.0451 e. The van der Waals surface area contributed by atoms with Gasteiger partial charge in [-0.2, -0.15) is 0 Å². The van der Waals surface area contributed by atoms with E-state index in [0.717, 1.165) is 18.1 Å². The summed E-state index contributed by atoms with van der Waals surface area (Å²) in [5.41, 5.74) is 2.59. The Morgan fingerprint density at radius 3 is 2.50 bits per heavy atom. The first-order valence-corrected chi connectivity index (χ1v) is 8.44. The van der Waals surface area contributed by atoms with Crippen molar-refractivity contribution in [2.75, 3.05) is 19.6 Å². The molecule has 116 valence electrons. The fourth-order valence-electron chi connectivity index (χ4n) is 3.08. The minimum absolute atomic E-state index is 0.360. The third-order valence-electron chi connectivity index (χ3n) is 4.28. The molecule has 0 aliphatic carbocycles. The van der Waals surface area contributed by atoms with Crippen molar-refractivity contribution in [3.63, 3.8) is 0 Å². The molecule has 1 saturated heterocycles. The zero-order valence-corrected chi connectivity index (χ0v) is 13.6. The van der Waals surface area contributed by atoms with Crippen LogP contribution < -0.4 is 5.32 Å². The number of halogens is 1. The molecule has 1 aliphatic rings. The van der Waals surface area contributed by atoms with E-state index in [4.69, 9.17) is 11.6 Å². The number of nitrogens with one attached hydrogen (secondary N) is 1. The normalized spacial score (nSPS) is 16.8. The lowest BCUT2D eigenvalue weighted by Crippen LogP contribution is -2.33. The Hall–Kier alpha value is -1.35. The van der Waals surface area contributed by atoms with Crippen LogP contribution >= 0.6 is 11.6 Å². The zero-order chi connectivity index (χ0) is 15.2. The average Bonchev–Trinajstić information content (AvgIpc) is 3.05. The lowest BCUT2D eigenvalue weighted by Gasteiger charge is -2.25. The maximum absolute atomic E-state index is 6.08. The molecule has 0 radical (unpaired) electrons. The Morgan fingerprint density at radius 2 is 1.77 bits per heavy atom. The average molecular weight is 315 g/mol. The van der Waals surface area contributed by atoms with Crippen LogP contribution in [0.5, 0.6) is 0 Å². The summed E-state index contributed by atoms with van der Waals surface area (Å²) >= 11 is 6.08. The van der Waals surface area contributed by atoms with E-state index < -0.39 is 0 Å². The quantitative estimate of drug-likeness (QED) is 0.856. The van der Waals surface area contributed by atoms with Crippen LogP contribution in [0.25, 0.3) is 0 Å². The van der Waals surface area contributed by atoms with E-state index in [9.17, 15) is 0 Å². The molecule has 2 aromatic rings. The minimum Gasteiger partial charge on any atom is -0.305 e. The van der Waals surface area contributed by atoms with Crippen molar-refractivity contribution in [1.82, 2.24) is 10.2 Å². The molecule has 0 amide bonds. The van der Waals surface area contributed by atoms with Crippen LogP contribution in [-0.2, 0) is 6.54 Å². The van der Waals surface area contributed by atoms with Gasteiger partial charge in [-0.05, 0) is 49.2 Å². The summed E-state index contributed by atoms with van der Waals surface area (Å²) < 4.78 is 0. The molecule has 1 unspecified atom stereocenters. The highest BCUT2D eigenvalue weighted by Gasteiger charge is 2.18. The van der Waals surface area contributed by atoms with Crippen molar-refractivity contribution < 1.29 is 0 Å². The number of benzene rings is 2. The van der Waals surface area contributed by atoms with Crippen LogP contribution in [0.3, 0.4) is 0 Å². The van der Waals surface area contributed by atoms with Gasteiger partial charge in [-0.25, -0.2) is 0 Å². The fourth-order valence-corrected chi connectivity index (χ4v) is 3.30. The standard InChI is InChI=1S/C19H23ClN2/c20-18-10-6-7-16(13-18)14-21-19(15-22-11-4-5-12-22)17-8-2-1-3-9-17/h1-3,6-10,13,19,21H,4-5,11-12,14-15H2. The van der Waals surface area contributed by atoms with Gasteiger partial charge in [0.15, 0.2) is 0 Å². The highest BCUT2D eigenvalue weighted by atomic mass is 35.5. The topological polar surface area (TPSA) is 15.3 Å². The number of rotatable bonds is 6. The molecule has 1 fully saturated rings. The van der Waals surface area contributed by atoms with Gasteiger partial charge in [-0.1, -0.05) is 54.1 Å². The molecule has 0 spiro atoms. The predicted octanol–water partition coefficient (Wildman–Crippen LogP) is 4.27. The first kappa shape index (κ1) is 15.5. The van der Waals surface area contributed by atoms with Gasteiger partial charge in [0.25, 0.3) is 0 Å². The predicted molar refractivity (Wildman–Crippen MR) is 93.1 cm³/mol. The molecule has 3 heteroatoms. The van der Waals surface area contributed by atoms with Gasteiger partial charge in [-0.3, -0.25) is 0 Å².